The molecule has 0 aliphatic rings. The molecule has 0 unspecified atom stereocenters. The van der Waals surface area contributed by atoms with Gasteiger partial charge in [0.15, 0.2) is 0 Å². The summed E-state index contributed by atoms with van der Waals surface area (Å²) in [7, 11) is 3.13. The van der Waals surface area contributed by atoms with Crippen molar-refractivity contribution in [1.82, 2.24) is 10.9 Å². The molecule has 0 heterocycles. The maximum Gasteiger partial charge on any atom is 0.240 e. The highest BCUT2D eigenvalue weighted by Crippen LogP contribution is 2.23. The van der Waals surface area contributed by atoms with E-state index in [9.17, 15) is 9.59 Å². The minimum atomic E-state index is -0.309. The number of carbonyl (C=O) groups excluding carboxylic acids is 2. The number of nitrogens with one attached hydrogen (secondary N) is 2. The first-order valence-corrected chi connectivity index (χ1v) is 11.3. The van der Waals surface area contributed by atoms with Crippen LogP contribution >= 0.6 is 0 Å². The van der Waals surface area contributed by atoms with E-state index < -0.39 is 0 Å². The standard InChI is InChI=1S/C25H32N4O6/c1-5-34-22-12-10-20(32-3)14-18(22)16-26-28-24(30)8-7-9-25(31)29-27-17-19-15-21(33-4)11-13-23(19)35-6-2/h10-17H,5-9H2,1-4H3,(H,28,30)(H,29,31)/b26-16+,27-17+. The molecular formula is C25H32N4O6. The quantitative estimate of drug-likeness (QED) is 0.314. The number of ether oxygens (including phenoxy) is 4. The Morgan fingerprint density at radius 3 is 1.57 bits per heavy atom. The van der Waals surface area contributed by atoms with Crippen molar-refractivity contribution in [2.45, 2.75) is 33.1 Å². The predicted octanol–water partition coefficient (Wildman–Crippen LogP) is 3.27. The normalized spacial score (nSPS) is 10.9. The van der Waals surface area contributed by atoms with E-state index in [4.69, 9.17) is 18.9 Å². The number of hydrazone groups is 2. The van der Waals surface area contributed by atoms with E-state index in [1.54, 1.807) is 50.6 Å². The number of hydrogen-bond acceptors (Lipinski definition) is 8. The van der Waals surface area contributed by atoms with E-state index in [0.29, 0.717) is 53.8 Å². The zero-order valence-electron chi connectivity index (χ0n) is 20.5. The minimum absolute atomic E-state index is 0.134. The molecule has 0 aromatic heterocycles. The molecule has 0 aliphatic heterocycles. The van der Waals surface area contributed by atoms with Crippen molar-refractivity contribution in [3.63, 3.8) is 0 Å². The van der Waals surface area contributed by atoms with E-state index >= 15 is 0 Å². The second-order valence-electron chi connectivity index (χ2n) is 7.11. The lowest BCUT2D eigenvalue weighted by Crippen LogP contribution is -2.20. The van der Waals surface area contributed by atoms with Crippen LogP contribution in [0, 0.1) is 0 Å². The maximum atomic E-state index is 12.0. The third-order valence-electron chi connectivity index (χ3n) is 4.63. The third-order valence-corrected chi connectivity index (χ3v) is 4.63. The average Bonchev–Trinajstić information content (AvgIpc) is 2.86. The summed E-state index contributed by atoms with van der Waals surface area (Å²) in [5, 5.41) is 7.94. The molecule has 2 N–H and O–H groups in total. The van der Waals surface area contributed by atoms with Gasteiger partial charge in [-0.2, -0.15) is 10.2 Å². The Kier molecular flexibility index (Phi) is 11.6. The van der Waals surface area contributed by atoms with Crippen molar-refractivity contribution in [1.29, 1.82) is 0 Å². The van der Waals surface area contributed by atoms with Gasteiger partial charge in [-0.15, -0.1) is 0 Å². The molecule has 0 radical (unpaired) electrons. The van der Waals surface area contributed by atoms with E-state index in [0.717, 1.165) is 0 Å². The fourth-order valence-corrected chi connectivity index (χ4v) is 2.95. The van der Waals surface area contributed by atoms with Crippen LogP contribution in [0.2, 0.25) is 0 Å². The molecule has 2 amide bonds. The largest absolute Gasteiger partial charge is 0.497 e. The number of hydrogen-bond donors (Lipinski definition) is 2. The van der Waals surface area contributed by atoms with Crippen molar-refractivity contribution in [3.8, 4) is 23.0 Å². The van der Waals surface area contributed by atoms with Gasteiger partial charge < -0.3 is 18.9 Å². The highest BCUT2D eigenvalue weighted by atomic mass is 16.5. The van der Waals surface area contributed by atoms with Gasteiger partial charge in [-0.05, 0) is 56.7 Å². The topological polar surface area (TPSA) is 120 Å². The number of benzene rings is 2. The Labute approximate surface area is 205 Å². The van der Waals surface area contributed by atoms with Crippen molar-refractivity contribution >= 4 is 24.2 Å². The van der Waals surface area contributed by atoms with Gasteiger partial charge in [0.05, 0.1) is 39.9 Å². The zero-order chi connectivity index (χ0) is 25.5. The Hall–Kier alpha value is -4.08. The van der Waals surface area contributed by atoms with E-state index in [1.165, 1.54) is 12.4 Å². The van der Waals surface area contributed by atoms with Gasteiger partial charge in [-0.1, -0.05) is 0 Å². The average molecular weight is 485 g/mol. The molecule has 0 bridgehead atoms. The van der Waals surface area contributed by atoms with Crippen molar-refractivity contribution < 1.29 is 28.5 Å². The van der Waals surface area contributed by atoms with Crippen molar-refractivity contribution in [3.05, 3.63) is 47.5 Å². The first-order chi connectivity index (χ1) is 17.0. The monoisotopic (exact) mass is 484 g/mol. The lowest BCUT2D eigenvalue weighted by molar-refractivity contribution is -0.122. The smallest absolute Gasteiger partial charge is 0.240 e. The molecule has 2 aromatic rings. The molecule has 0 saturated carbocycles. The van der Waals surface area contributed by atoms with Gasteiger partial charge >= 0.3 is 0 Å². The van der Waals surface area contributed by atoms with Gasteiger partial charge in [0.1, 0.15) is 23.0 Å². The van der Waals surface area contributed by atoms with Crippen molar-refractivity contribution in [2.75, 3.05) is 27.4 Å². The molecule has 35 heavy (non-hydrogen) atoms. The summed E-state index contributed by atoms with van der Waals surface area (Å²) >= 11 is 0. The Morgan fingerprint density at radius 2 is 1.20 bits per heavy atom. The van der Waals surface area contributed by atoms with Gasteiger partial charge in [0.2, 0.25) is 11.8 Å². The maximum absolute atomic E-state index is 12.0. The van der Waals surface area contributed by atoms with Gasteiger partial charge in [-0.3, -0.25) is 9.59 Å². The fraction of sp³-hybridized carbons (Fsp3) is 0.360. The van der Waals surface area contributed by atoms with Gasteiger partial charge in [0.25, 0.3) is 0 Å². The first-order valence-electron chi connectivity index (χ1n) is 11.3. The highest BCUT2D eigenvalue weighted by molar-refractivity contribution is 5.87. The van der Waals surface area contributed by atoms with Gasteiger partial charge in [-0.25, -0.2) is 10.9 Å². The fourth-order valence-electron chi connectivity index (χ4n) is 2.95. The van der Waals surface area contributed by atoms with Gasteiger partial charge in [0, 0.05) is 24.0 Å². The van der Waals surface area contributed by atoms with E-state index in [2.05, 4.69) is 21.1 Å². The Balaban J connectivity index is 1.78. The van der Waals surface area contributed by atoms with Crippen molar-refractivity contribution in [2.24, 2.45) is 10.2 Å². The van der Waals surface area contributed by atoms with Crippen LogP contribution < -0.4 is 29.8 Å². The number of rotatable bonds is 14. The number of amides is 2. The second kappa shape index (κ2) is 14.9. The van der Waals surface area contributed by atoms with Crippen LogP contribution in [0.3, 0.4) is 0 Å². The Bertz CT molecular complexity index is 957. The minimum Gasteiger partial charge on any atom is -0.497 e. The van der Waals surface area contributed by atoms with E-state index in [1.807, 2.05) is 13.8 Å². The summed E-state index contributed by atoms with van der Waals surface area (Å²) in [6.07, 6.45) is 3.59. The lowest BCUT2D eigenvalue weighted by atomic mass is 10.2. The van der Waals surface area contributed by atoms with Crippen LogP contribution in [0.15, 0.2) is 46.6 Å². The molecule has 2 aromatic carbocycles. The SMILES string of the molecule is CCOc1ccc(OC)cc1/C=N/NC(=O)CCCC(=O)N/N=C/c1cc(OC)ccc1OCC. The summed E-state index contributed by atoms with van der Waals surface area (Å²) in [6.45, 7) is 4.76. The lowest BCUT2D eigenvalue weighted by Gasteiger charge is -2.08. The predicted molar refractivity (Wildman–Crippen MR) is 134 cm³/mol. The molecule has 0 spiro atoms. The number of nitrogens with zero attached hydrogens (tertiary/aromatic N) is 2. The number of carbonyl (C=O) groups is 2. The molecule has 0 fully saturated rings. The molecule has 188 valence electrons. The van der Waals surface area contributed by atoms with Crippen LogP contribution in [0.25, 0.3) is 0 Å². The molecule has 10 heteroatoms. The second-order valence-corrected chi connectivity index (χ2v) is 7.11. The van der Waals surface area contributed by atoms with Crippen LogP contribution in [-0.4, -0.2) is 51.7 Å². The summed E-state index contributed by atoms with van der Waals surface area (Å²) in [5.41, 5.74) is 6.25. The molecule has 2 rings (SSSR count). The van der Waals surface area contributed by atoms with Crippen LogP contribution in [0.5, 0.6) is 23.0 Å². The molecular weight excluding hydrogens is 452 g/mol. The molecule has 0 atom stereocenters. The Morgan fingerprint density at radius 1 is 0.771 bits per heavy atom. The van der Waals surface area contributed by atoms with Crippen LogP contribution in [-0.2, 0) is 9.59 Å². The van der Waals surface area contributed by atoms with E-state index in [-0.39, 0.29) is 24.7 Å². The summed E-state index contributed by atoms with van der Waals surface area (Å²) in [4.78, 5) is 24.1. The summed E-state index contributed by atoms with van der Waals surface area (Å²) in [5.74, 6) is 1.94. The molecule has 10 nitrogen and oxygen atoms in total. The van der Waals surface area contributed by atoms with Crippen LogP contribution in [0.1, 0.15) is 44.2 Å². The first kappa shape index (κ1) is 27.2. The summed E-state index contributed by atoms with van der Waals surface area (Å²) in [6, 6.07) is 10.6. The zero-order valence-corrected chi connectivity index (χ0v) is 20.5. The summed E-state index contributed by atoms with van der Waals surface area (Å²) < 4.78 is 21.5. The van der Waals surface area contributed by atoms with Crippen LogP contribution in [0.4, 0.5) is 0 Å². The third kappa shape index (κ3) is 9.36. The number of methoxy groups -OCH3 is 2. The highest BCUT2D eigenvalue weighted by Gasteiger charge is 2.07. The molecule has 0 aliphatic carbocycles. The molecule has 0 saturated heterocycles.